The Hall–Kier alpha value is -2.34. The molecule has 0 atom stereocenters. The maximum Gasteiger partial charge on any atom is 0.270 e. The number of rotatable bonds is 5. The molecule has 0 spiro atoms. The van der Waals surface area contributed by atoms with Crippen molar-refractivity contribution < 1.29 is 9.53 Å². The predicted octanol–water partition coefficient (Wildman–Crippen LogP) is 3.08. The first-order chi connectivity index (χ1) is 11.0. The minimum Gasteiger partial charge on any atom is -0.495 e. The van der Waals surface area contributed by atoms with Crippen LogP contribution < -0.4 is 15.4 Å². The first kappa shape index (κ1) is 15.6. The smallest absolute Gasteiger partial charge is 0.270 e. The number of halogens is 1. The van der Waals surface area contributed by atoms with Crippen molar-refractivity contribution in [1.29, 1.82) is 0 Å². The fraction of sp³-hybridized carbons (Fsp3) is 0.312. The SMILES string of the molecule is COc1ccc(Nc2nc(C)cc(C(=O)NC3CC3)n2)cc1Cl. The van der Waals surface area contributed by atoms with Gasteiger partial charge in [-0.2, -0.15) is 0 Å². The van der Waals surface area contributed by atoms with E-state index in [9.17, 15) is 4.79 Å². The summed E-state index contributed by atoms with van der Waals surface area (Å²) < 4.78 is 5.12. The second-order valence-electron chi connectivity index (χ2n) is 5.44. The number of hydrogen-bond donors (Lipinski definition) is 2. The molecule has 1 aromatic carbocycles. The minimum atomic E-state index is -0.172. The Morgan fingerprint density at radius 2 is 2.09 bits per heavy atom. The van der Waals surface area contributed by atoms with Gasteiger partial charge in [0.2, 0.25) is 5.95 Å². The Morgan fingerprint density at radius 1 is 1.30 bits per heavy atom. The van der Waals surface area contributed by atoms with Crippen LogP contribution in [-0.2, 0) is 0 Å². The van der Waals surface area contributed by atoms with E-state index in [1.54, 1.807) is 31.4 Å². The molecule has 1 fully saturated rings. The van der Waals surface area contributed by atoms with Gasteiger partial charge < -0.3 is 15.4 Å². The first-order valence-electron chi connectivity index (χ1n) is 7.32. The van der Waals surface area contributed by atoms with Gasteiger partial charge in [0.15, 0.2) is 0 Å². The lowest BCUT2D eigenvalue weighted by Crippen LogP contribution is -2.26. The van der Waals surface area contributed by atoms with Crippen molar-refractivity contribution in [3.63, 3.8) is 0 Å². The molecule has 3 rings (SSSR count). The number of carbonyl (C=O) groups excluding carboxylic acids is 1. The average Bonchev–Trinajstić information content (AvgIpc) is 3.31. The third-order valence-corrected chi connectivity index (χ3v) is 3.70. The van der Waals surface area contributed by atoms with Crippen LogP contribution >= 0.6 is 11.6 Å². The van der Waals surface area contributed by atoms with Crippen LogP contribution in [0.5, 0.6) is 5.75 Å². The maximum atomic E-state index is 12.1. The lowest BCUT2D eigenvalue weighted by molar-refractivity contribution is 0.0946. The van der Waals surface area contributed by atoms with Crippen LogP contribution in [0.2, 0.25) is 5.02 Å². The van der Waals surface area contributed by atoms with Crippen LogP contribution in [0.1, 0.15) is 29.0 Å². The molecule has 0 unspecified atom stereocenters. The maximum absolute atomic E-state index is 12.1. The highest BCUT2D eigenvalue weighted by atomic mass is 35.5. The molecular formula is C16H17ClN4O2. The van der Waals surface area contributed by atoms with Crippen molar-refractivity contribution >= 4 is 29.1 Å². The quantitative estimate of drug-likeness (QED) is 0.880. The van der Waals surface area contributed by atoms with Gasteiger partial charge in [-0.05, 0) is 44.0 Å². The normalized spacial score (nSPS) is 13.5. The highest BCUT2D eigenvalue weighted by molar-refractivity contribution is 6.32. The Kier molecular flexibility index (Phi) is 4.34. The number of methoxy groups -OCH3 is 1. The zero-order valence-corrected chi connectivity index (χ0v) is 13.6. The summed E-state index contributed by atoms with van der Waals surface area (Å²) in [5.41, 5.74) is 1.78. The van der Waals surface area contributed by atoms with E-state index < -0.39 is 0 Å². The van der Waals surface area contributed by atoms with Gasteiger partial charge in [-0.3, -0.25) is 4.79 Å². The number of ether oxygens (including phenoxy) is 1. The molecule has 1 saturated carbocycles. The fourth-order valence-electron chi connectivity index (χ4n) is 2.10. The van der Waals surface area contributed by atoms with Gasteiger partial charge in [0, 0.05) is 17.4 Å². The summed E-state index contributed by atoms with van der Waals surface area (Å²) in [7, 11) is 1.56. The zero-order chi connectivity index (χ0) is 16.4. The van der Waals surface area contributed by atoms with Crippen LogP contribution in [0, 0.1) is 6.92 Å². The molecule has 7 heteroatoms. The molecular weight excluding hydrogens is 316 g/mol. The number of nitrogens with one attached hydrogen (secondary N) is 2. The van der Waals surface area contributed by atoms with E-state index in [1.165, 1.54) is 0 Å². The summed E-state index contributed by atoms with van der Waals surface area (Å²) in [4.78, 5) is 20.7. The molecule has 23 heavy (non-hydrogen) atoms. The molecule has 1 heterocycles. The topological polar surface area (TPSA) is 76.1 Å². The highest BCUT2D eigenvalue weighted by Gasteiger charge is 2.24. The number of hydrogen-bond acceptors (Lipinski definition) is 5. The van der Waals surface area contributed by atoms with Crippen LogP contribution in [0.25, 0.3) is 0 Å². The number of carbonyl (C=O) groups is 1. The number of aryl methyl sites for hydroxylation is 1. The van der Waals surface area contributed by atoms with E-state index >= 15 is 0 Å². The Labute approximate surface area is 139 Å². The molecule has 1 aromatic heterocycles. The molecule has 0 bridgehead atoms. The number of amides is 1. The van der Waals surface area contributed by atoms with E-state index in [2.05, 4.69) is 20.6 Å². The van der Waals surface area contributed by atoms with E-state index in [1.807, 2.05) is 6.92 Å². The van der Waals surface area contributed by atoms with E-state index in [0.717, 1.165) is 18.5 Å². The summed E-state index contributed by atoms with van der Waals surface area (Å²) in [5, 5.41) is 6.46. The molecule has 1 aliphatic carbocycles. The van der Waals surface area contributed by atoms with Crippen LogP contribution in [0.4, 0.5) is 11.6 Å². The second-order valence-corrected chi connectivity index (χ2v) is 5.85. The van der Waals surface area contributed by atoms with Gasteiger partial charge in [0.1, 0.15) is 11.4 Å². The van der Waals surface area contributed by atoms with Gasteiger partial charge in [0.05, 0.1) is 12.1 Å². The molecule has 2 N–H and O–H groups in total. The summed E-state index contributed by atoms with van der Waals surface area (Å²) >= 11 is 6.10. The van der Waals surface area contributed by atoms with E-state index in [-0.39, 0.29) is 11.9 Å². The summed E-state index contributed by atoms with van der Waals surface area (Å²) in [6.07, 6.45) is 2.07. The van der Waals surface area contributed by atoms with Crippen LogP contribution in [-0.4, -0.2) is 29.0 Å². The van der Waals surface area contributed by atoms with Crippen molar-refractivity contribution in [2.45, 2.75) is 25.8 Å². The fourth-order valence-corrected chi connectivity index (χ4v) is 2.36. The number of anilines is 2. The minimum absolute atomic E-state index is 0.172. The van der Waals surface area contributed by atoms with Crippen molar-refractivity contribution in [3.8, 4) is 5.75 Å². The highest BCUT2D eigenvalue weighted by Crippen LogP contribution is 2.28. The predicted molar refractivity (Wildman–Crippen MR) is 88.5 cm³/mol. The zero-order valence-electron chi connectivity index (χ0n) is 12.9. The van der Waals surface area contributed by atoms with E-state index in [4.69, 9.17) is 16.3 Å². The monoisotopic (exact) mass is 332 g/mol. The van der Waals surface area contributed by atoms with Gasteiger partial charge in [0.25, 0.3) is 5.91 Å². The van der Waals surface area contributed by atoms with Crippen molar-refractivity contribution in [2.75, 3.05) is 12.4 Å². The molecule has 0 aliphatic heterocycles. The van der Waals surface area contributed by atoms with Crippen LogP contribution in [0.15, 0.2) is 24.3 Å². The Morgan fingerprint density at radius 3 is 2.74 bits per heavy atom. The van der Waals surface area contributed by atoms with Gasteiger partial charge >= 0.3 is 0 Å². The molecule has 6 nitrogen and oxygen atoms in total. The number of aromatic nitrogens is 2. The Balaban J connectivity index is 1.80. The standard InChI is InChI=1S/C16H17ClN4O2/c1-9-7-13(15(22)19-10-3-4-10)21-16(18-9)20-11-5-6-14(23-2)12(17)8-11/h5-8,10H,3-4H2,1-2H3,(H,19,22)(H,18,20,21). The van der Waals surface area contributed by atoms with Gasteiger partial charge in [-0.1, -0.05) is 11.6 Å². The molecule has 0 saturated heterocycles. The molecule has 120 valence electrons. The largest absolute Gasteiger partial charge is 0.495 e. The summed E-state index contributed by atoms with van der Waals surface area (Å²) in [6, 6.07) is 7.23. The van der Waals surface area contributed by atoms with E-state index in [0.29, 0.717) is 28.1 Å². The third kappa shape index (κ3) is 3.90. The van der Waals surface area contributed by atoms with Crippen LogP contribution in [0.3, 0.4) is 0 Å². The summed E-state index contributed by atoms with van der Waals surface area (Å²) in [6.45, 7) is 1.82. The lowest BCUT2D eigenvalue weighted by atomic mass is 10.3. The van der Waals surface area contributed by atoms with Crippen molar-refractivity contribution in [2.24, 2.45) is 0 Å². The molecule has 1 amide bonds. The Bertz CT molecular complexity index is 747. The lowest BCUT2D eigenvalue weighted by Gasteiger charge is -2.10. The third-order valence-electron chi connectivity index (χ3n) is 3.41. The van der Waals surface area contributed by atoms with Gasteiger partial charge in [-0.25, -0.2) is 9.97 Å². The van der Waals surface area contributed by atoms with Gasteiger partial charge in [-0.15, -0.1) is 0 Å². The molecule has 2 aromatic rings. The van der Waals surface area contributed by atoms with Crippen molar-refractivity contribution in [3.05, 3.63) is 40.7 Å². The number of benzene rings is 1. The molecule has 0 radical (unpaired) electrons. The number of nitrogens with zero attached hydrogens (tertiary/aromatic N) is 2. The average molecular weight is 333 g/mol. The summed E-state index contributed by atoms with van der Waals surface area (Å²) in [5.74, 6) is 0.771. The van der Waals surface area contributed by atoms with Crippen molar-refractivity contribution in [1.82, 2.24) is 15.3 Å². The first-order valence-corrected chi connectivity index (χ1v) is 7.70. The second kappa shape index (κ2) is 6.42. The molecule has 1 aliphatic rings.